The van der Waals surface area contributed by atoms with Crippen molar-refractivity contribution in [2.24, 2.45) is 5.92 Å². The zero-order chi connectivity index (χ0) is 9.14. The van der Waals surface area contributed by atoms with Gasteiger partial charge < -0.3 is 15.3 Å². The lowest BCUT2D eigenvalue weighted by Gasteiger charge is -2.18. The van der Waals surface area contributed by atoms with E-state index in [1.807, 2.05) is 0 Å². The molecule has 1 heterocycles. The summed E-state index contributed by atoms with van der Waals surface area (Å²) >= 11 is 0. The summed E-state index contributed by atoms with van der Waals surface area (Å²) in [6, 6.07) is -0.403. The van der Waals surface area contributed by atoms with Crippen molar-refractivity contribution in [3.8, 4) is 0 Å². The second-order valence-corrected chi connectivity index (χ2v) is 3.47. The fourth-order valence-electron chi connectivity index (χ4n) is 1.46. The second-order valence-electron chi connectivity index (χ2n) is 3.47. The summed E-state index contributed by atoms with van der Waals surface area (Å²) in [5, 5.41) is 11.9. The van der Waals surface area contributed by atoms with Crippen LogP contribution in [0.2, 0.25) is 0 Å². The summed E-state index contributed by atoms with van der Waals surface area (Å²) in [6.45, 7) is 3.52. The molecule has 1 aliphatic heterocycles. The van der Waals surface area contributed by atoms with Gasteiger partial charge in [0.25, 0.3) is 0 Å². The third-order valence-corrected chi connectivity index (χ3v) is 2.16. The summed E-state index contributed by atoms with van der Waals surface area (Å²) < 4.78 is 0. The van der Waals surface area contributed by atoms with Gasteiger partial charge in [-0.05, 0) is 5.92 Å². The molecule has 0 aromatic rings. The van der Waals surface area contributed by atoms with E-state index in [1.54, 1.807) is 11.9 Å². The summed E-state index contributed by atoms with van der Waals surface area (Å²) in [6.07, 6.45) is 0. The number of aliphatic hydroxyl groups excluding tert-OH is 1. The van der Waals surface area contributed by atoms with Crippen molar-refractivity contribution in [3.05, 3.63) is 0 Å². The van der Waals surface area contributed by atoms with Crippen molar-refractivity contribution in [2.45, 2.75) is 13.0 Å². The van der Waals surface area contributed by atoms with E-state index in [0.717, 1.165) is 13.1 Å². The number of aliphatic hydroxyl groups is 1. The Morgan fingerprint density at radius 2 is 2.42 bits per heavy atom. The smallest absolute Gasteiger partial charge is 0.241 e. The van der Waals surface area contributed by atoms with E-state index >= 15 is 0 Å². The van der Waals surface area contributed by atoms with Gasteiger partial charge >= 0.3 is 0 Å². The summed E-state index contributed by atoms with van der Waals surface area (Å²) in [7, 11) is 1.77. The minimum Gasteiger partial charge on any atom is -0.394 e. The molecule has 0 bridgehead atoms. The van der Waals surface area contributed by atoms with Crippen LogP contribution in [-0.2, 0) is 4.79 Å². The minimum atomic E-state index is -0.403. The monoisotopic (exact) mass is 172 g/mol. The Morgan fingerprint density at radius 3 is 3.00 bits per heavy atom. The van der Waals surface area contributed by atoms with Gasteiger partial charge in [0.2, 0.25) is 5.91 Å². The number of rotatable bonds is 1. The van der Waals surface area contributed by atoms with E-state index in [9.17, 15) is 4.79 Å². The van der Waals surface area contributed by atoms with Crippen molar-refractivity contribution in [1.29, 1.82) is 0 Å². The number of likely N-dealkylation sites (N-methyl/N-ethyl adjacent to an activating group) is 1. The number of hydrogen-bond donors (Lipinski definition) is 2. The number of carbonyl (C=O) groups excluding carboxylic acids is 1. The lowest BCUT2D eigenvalue weighted by atomic mass is 10.2. The van der Waals surface area contributed by atoms with Gasteiger partial charge in [0.05, 0.1) is 6.61 Å². The molecule has 12 heavy (non-hydrogen) atoms. The third kappa shape index (κ3) is 1.95. The summed E-state index contributed by atoms with van der Waals surface area (Å²) in [5.74, 6) is 0.442. The third-order valence-electron chi connectivity index (χ3n) is 2.16. The Kier molecular flexibility index (Phi) is 3.05. The lowest BCUT2D eigenvalue weighted by Crippen LogP contribution is -2.44. The van der Waals surface area contributed by atoms with E-state index in [0.29, 0.717) is 5.92 Å². The molecule has 2 unspecified atom stereocenters. The maximum Gasteiger partial charge on any atom is 0.241 e. The molecule has 1 rings (SSSR count). The quantitative estimate of drug-likeness (QED) is 0.536. The molecule has 1 fully saturated rings. The van der Waals surface area contributed by atoms with Crippen LogP contribution < -0.4 is 5.32 Å². The molecular weight excluding hydrogens is 156 g/mol. The van der Waals surface area contributed by atoms with Gasteiger partial charge in [-0.2, -0.15) is 0 Å². The molecule has 0 aromatic heterocycles. The van der Waals surface area contributed by atoms with Gasteiger partial charge in [0.15, 0.2) is 0 Å². The van der Waals surface area contributed by atoms with Crippen LogP contribution in [0, 0.1) is 5.92 Å². The largest absolute Gasteiger partial charge is 0.394 e. The lowest BCUT2D eigenvalue weighted by molar-refractivity contribution is -0.132. The topological polar surface area (TPSA) is 52.6 Å². The molecule has 2 N–H and O–H groups in total. The van der Waals surface area contributed by atoms with E-state index in [1.165, 1.54) is 0 Å². The molecule has 4 heteroatoms. The Bertz CT molecular complexity index is 172. The second kappa shape index (κ2) is 3.87. The molecule has 0 radical (unpaired) electrons. The molecule has 1 aliphatic rings. The van der Waals surface area contributed by atoms with Crippen LogP contribution in [0.3, 0.4) is 0 Å². The van der Waals surface area contributed by atoms with Crippen molar-refractivity contribution in [1.82, 2.24) is 10.2 Å². The van der Waals surface area contributed by atoms with E-state index in [-0.39, 0.29) is 12.5 Å². The highest BCUT2D eigenvalue weighted by Crippen LogP contribution is 2.04. The average molecular weight is 172 g/mol. The first-order valence-corrected chi connectivity index (χ1v) is 4.24. The highest BCUT2D eigenvalue weighted by atomic mass is 16.3. The Morgan fingerprint density at radius 1 is 1.75 bits per heavy atom. The molecular formula is C8H16N2O2. The molecule has 1 saturated heterocycles. The highest BCUT2D eigenvalue weighted by molar-refractivity contribution is 5.82. The van der Waals surface area contributed by atoms with Crippen LogP contribution in [-0.4, -0.2) is 48.7 Å². The van der Waals surface area contributed by atoms with Crippen LogP contribution in [0.25, 0.3) is 0 Å². The van der Waals surface area contributed by atoms with Crippen molar-refractivity contribution < 1.29 is 9.90 Å². The molecule has 2 atom stereocenters. The van der Waals surface area contributed by atoms with Crippen LogP contribution in [0.1, 0.15) is 6.92 Å². The molecule has 0 spiro atoms. The average Bonchev–Trinajstić information content (AvgIpc) is 2.14. The molecule has 70 valence electrons. The van der Waals surface area contributed by atoms with Crippen molar-refractivity contribution in [3.63, 3.8) is 0 Å². The SMILES string of the molecule is CC1CNC(CO)C(=O)N(C)C1. The Hall–Kier alpha value is -0.610. The van der Waals surface area contributed by atoms with Gasteiger partial charge in [-0.25, -0.2) is 0 Å². The Balaban J connectivity index is 2.63. The maximum absolute atomic E-state index is 11.4. The maximum atomic E-state index is 11.4. The molecule has 4 nitrogen and oxygen atoms in total. The highest BCUT2D eigenvalue weighted by Gasteiger charge is 2.25. The van der Waals surface area contributed by atoms with Crippen LogP contribution in [0.4, 0.5) is 0 Å². The standard InChI is InChI=1S/C8H16N2O2/c1-6-3-9-7(5-11)8(12)10(2)4-6/h6-7,9,11H,3-5H2,1-2H3. The van der Waals surface area contributed by atoms with Crippen molar-refractivity contribution >= 4 is 5.91 Å². The number of nitrogens with one attached hydrogen (secondary N) is 1. The first-order chi connectivity index (χ1) is 5.65. The van der Waals surface area contributed by atoms with Gasteiger partial charge in [0, 0.05) is 20.1 Å². The van der Waals surface area contributed by atoms with Gasteiger partial charge in [0.1, 0.15) is 6.04 Å². The number of nitrogens with zero attached hydrogens (tertiary/aromatic N) is 1. The zero-order valence-electron chi connectivity index (χ0n) is 7.58. The fourth-order valence-corrected chi connectivity index (χ4v) is 1.46. The van der Waals surface area contributed by atoms with Crippen LogP contribution in [0.5, 0.6) is 0 Å². The number of hydrogen-bond acceptors (Lipinski definition) is 3. The summed E-state index contributed by atoms with van der Waals surface area (Å²) in [4.78, 5) is 13.1. The van der Waals surface area contributed by atoms with E-state index < -0.39 is 6.04 Å². The molecule has 0 saturated carbocycles. The zero-order valence-corrected chi connectivity index (χ0v) is 7.58. The van der Waals surface area contributed by atoms with Gasteiger partial charge in [-0.3, -0.25) is 4.79 Å². The minimum absolute atomic E-state index is 0.0122. The first-order valence-electron chi connectivity index (χ1n) is 4.24. The number of amides is 1. The van der Waals surface area contributed by atoms with E-state index in [4.69, 9.17) is 5.11 Å². The Labute approximate surface area is 72.6 Å². The van der Waals surface area contributed by atoms with Crippen LogP contribution >= 0.6 is 0 Å². The van der Waals surface area contributed by atoms with E-state index in [2.05, 4.69) is 12.2 Å². The van der Waals surface area contributed by atoms with Crippen molar-refractivity contribution in [2.75, 3.05) is 26.7 Å². The molecule has 1 amide bonds. The molecule has 0 aliphatic carbocycles. The first kappa shape index (κ1) is 9.48. The molecule has 0 aromatic carbocycles. The predicted molar refractivity (Wildman–Crippen MR) is 45.7 cm³/mol. The summed E-state index contributed by atoms with van der Waals surface area (Å²) in [5.41, 5.74) is 0. The fraction of sp³-hybridized carbons (Fsp3) is 0.875. The predicted octanol–water partition coefficient (Wildman–Crippen LogP) is -0.955. The normalized spacial score (nSPS) is 31.9. The van der Waals surface area contributed by atoms with Gasteiger partial charge in [-0.1, -0.05) is 6.92 Å². The number of carbonyl (C=O) groups is 1. The van der Waals surface area contributed by atoms with Crippen LogP contribution in [0.15, 0.2) is 0 Å². The van der Waals surface area contributed by atoms with Gasteiger partial charge in [-0.15, -0.1) is 0 Å².